The Hall–Kier alpha value is -1.67. The molecule has 1 unspecified atom stereocenters. The van der Waals surface area contributed by atoms with Gasteiger partial charge in [-0.2, -0.15) is 0 Å². The van der Waals surface area contributed by atoms with Crippen molar-refractivity contribution in [3.05, 3.63) is 65.0 Å². The standard InChI is InChI=1S/C18H24N2/c1-4-5-16-6-8-17(9-7-16)15(3)20-13-18-12-19-11-10-14(18)2/h6-12,15,20H,4-5,13H2,1-3H3. The summed E-state index contributed by atoms with van der Waals surface area (Å²) in [6.45, 7) is 7.41. The first-order chi connectivity index (χ1) is 9.70. The Kier molecular flexibility index (Phi) is 5.31. The second-order valence-electron chi connectivity index (χ2n) is 5.40. The highest BCUT2D eigenvalue weighted by Gasteiger charge is 2.06. The molecule has 106 valence electrons. The fourth-order valence-corrected chi connectivity index (χ4v) is 2.32. The van der Waals surface area contributed by atoms with E-state index in [-0.39, 0.29) is 0 Å². The molecule has 2 nitrogen and oxygen atoms in total. The first kappa shape index (κ1) is 14.7. The van der Waals surface area contributed by atoms with Gasteiger partial charge in [-0.3, -0.25) is 4.98 Å². The van der Waals surface area contributed by atoms with Gasteiger partial charge in [-0.25, -0.2) is 0 Å². The van der Waals surface area contributed by atoms with Gasteiger partial charge in [0.05, 0.1) is 0 Å². The highest BCUT2D eigenvalue weighted by Crippen LogP contribution is 2.15. The fraction of sp³-hybridized carbons (Fsp3) is 0.389. The van der Waals surface area contributed by atoms with Crippen LogP contribution < -0.4 is 5.32 Å². The van der Waals surface area contributed by atoms with E-state index in [9.17, 15) is 0 Å². The SMILES string of the molecule is CCCc1ccc(C(C)NCc2cnccc2C)cc1. The monoisotopic (exact) mass is 268 g/mol. The van der Waals surface area contributed by atoms with Crippen LogP contribution in [0.3, 0.4) is 0 Å². The summed E-state index contributed by atoms with van der Waals surface area (Å²) >= 11 is 0. The zero-order valence-electron chi connectivity index (χ0n) is 12.7. The van der Waals surface area contributed by atoms with Gasteiger partial charge in [0.1, 0.15) is 0 Å². The number of nitrogens with zero attached hydrogens (tertiary/aromatic N) is 1. The van der Waals surface area contributed by atoms with Crippen LogP contribution in [0.2, 0.25) is 0 Å². The van der Waals surface area contributed by atoms with Gasteiger partial charge in [0, 0.05) is 25.0 Å². The van der Waals surface area contributed by atoms with Crippen molar-refractivity contribution in [2.24, 2.45) is 0 Å². The van der Waals surface area contributed by atoms with E-state index in [1.165, 1.54) is 28.7 Å². The minimum Gasteiger partial charge on any atom is -0.306 e. The summed E-state index contributed by atoms with van der Waals surface area (Å²) < 4.78 is 0. The van der Waals surface area contributed by atoms with E-state index < -0.39 is 0 Å². The molecule has 1 aromatic heterocycles. The number of aromatic nitrogens is 1. The van der Waals surface area contributed by atoms with E-state index in [4.69, 9.17) is 0 Å². The molecule has 0 spiro atoms. The number of hydrogen-bond acceptors (Lipinski definition) is 2. The average Bonchev–Trinajstić information content (AvgIpc) is 2.47. The Labute approximate surface area is 122 Å². The molecular formula is C18H24N2. The quantitative estimate of drug-likeness (QED) is 0.849. The molecule has 0 aliphatic heterocycles. The number of hydrogen-bond donors (Lipinski definition) is 1. The van der Waals surface area contributed by atoms with Gasteiger partial charge in [0.2, 0.25) is 0 Å². The van der Waals surface area contributed by atoms with Crippen molar-refractivity contribution in [3.8, 4) is 0 Å². The largest absolute Gasteiger partial charge is 0.306 e. The Bertz CT molecular complexity index is 531. The molecule has 1 atom stereocenters. The molecule has 1 aromatic carbocycles. The smallest absolute Gasteiger partial charge is 0.0315 e. The summed E-state index contributed by atoms with van der Waals surface area (Å²) in [4.78, 5) is 4.19. The van der Waals surface area contributed by atoms with Crippen LogP contribution in [0.25, 0.3) is 0 Å². The number of aryl methyl sites for hydroxylation is 2. The van der Waals surface area contributed by atoms with Crippen molar-refractivity contribution in [3.63, 3.8) is 0 Å². The molecule has 0 bridgehead atoms. The topological polar surface area (TPSA) is 24.9 Å². The summed E-state index contributed by atoms with van der Waals surface area (Å²) in [5.41, 5.74) is 5.32. The van der Waals surface area contributed by atoms with Crippen LogP contribution in [0.4, 0.5) is 0 Å². The maximum absolute atomic E-state index is 4.19. The lowest BCUT2D eigenvalue weighted by molar-refractivity contribution is 0.572. The maximum atomic E-state index is 4.19. The third-order valence-electron chi connectivity index (χ3n) is 3.76. The van der Waals surface area contributed by atoms with Crippen molar-refractivity contribution in [1.82, 2.24) is 10.3 Å². The van der Waals surface area contributed by atoms with Gasteiger partial charge in [-0.15, -0.1) is 0 Å². The van der Waals surface area contributed by atoms with Gasteiger partial charge >= 0.3 is 0 Å². The number of pyridine rings is 1. The Balaban J connectivity index is 1.94. The summed E-state index contributed by atoms with van der Waals surface area (Å²) in [6, 6.07) is 11.4. The number of nitrogens with one attached hydrogen (secondary N) is 1. The summed E-state index contributed by atoms with van der Waals surface area (Å²) in [5.74, 6) is 0. The van der Waals surface area contributed by atoms with Gasteiger partial charge in [0.25, 0.3) is 0 Å². The third-order valence-corrected chi connectivity index (χ3v) is 3.76. The van der Waals surface area contributed by atoms with Crippen LogP contribution in [0.15, 0.2) is 42.7 Å². The molecule has 2 heteroatoms. The molecule has 2 aromatic rings. The molecule has 0 aliphatic rings. The van der Waals surface area contributed by atoms with Crippen LogP contribution in [0.1, 0.15) is 48.6 Å². The molecule has 1 N–H and O–H groups in total. The Morgan fingerprint density at radius 2 is 1.90 bits per heavy atom. The predicted molar refractivity (Wildman–Crippen MR) is 84.7 cm³/mol. The van der Waals surface area contributed by atoms with E-state index in [2.05, 4.69) is 61.4 Å². The molecule has 0 saturated carbocycles. The zero-order chi connectivity index (χ0) is 14.4. The summed E-state index contributed by atoms with van der Waals surface area (Å²) in [7, 11) is 0. The van der Waals surface area contributed by atoms with E-state index in [1.54, 1.807) is 0 Å². The normalized spacial score (nSPS) is 12.3. The molecule has 0 amide bonds. The summed E-state index contributed by atoms with van der Waals surface area (Å²) in [6.07, 6.45) is 6.15. The van der Waals surface area contributed by atoms with Gasteiger partial charge in [0.15, 0.2) is 0 Å². The molecule has 2 rings (SSSR count). The highest BCUT2D eigenvalue weighted by molar-refractivity contribution is 5.26. The van der Waals surface area contributed by atoms with Crippen LogP contribution in [0.5, 0.6) is 0 Å². The molecule has 1 heterocycles. The van der Waals surface area contributed by atoms with E-state index >= 15 is 0 Å². The van der Waals surface area contributed by atoms with Crippen LogP contribution >= 0.6 is 0 Å². The van der Waals surface area contributed by atoms with Crippen molar-refractivity contribution >= 4 is 0 Å². The van der Waals surface area contributed by atoms with E-state index in [0.29, 0.717) is 6.04 Å². The Morgan fingerprint density at radius 1 is 1.15 bits per heavy atom. The first-order valence-corrected chi connectivity index (χ1v) is 7.42. The van der Waals surface area contributed by atoms with Crippen molar-refractivity contribution in [1.29, 1.82) is 0 Å². The van der Waals surface area contributed by atoms with Crippen molar-refractivity contribution < 1.29 is 0 Å². The van der Waals surface area contributed by atoms with Crippen LogP contribution in [0, 0.1) is 6.92 Å². The second kappa shape index (κ2) is 7.20. The lowest BCUT2D eigenvalue weighted by atomic mass is 10.0. The van der Waals surface area contributed by atoms with Gasteiger partial charge in [-0.1, -0.05) is 37.6 Å². The number of rotatable bonds is 6. The number of benzene rings is 1. The Morgan fingerprint density at radius 3 is 2.55 bits per heavy atom. The highest BCUT2D eigenvalue weighted by atomic mass is 14.9. The van der Waals surface area contributed by atoms with Crippen molar-refractivity contribution in [2.75, 3.05) is 0 Å². The minimum atomic E-state index is 0.352. The van der Waals surface area contributed by atoms with E-state index in [0.717, 1.165) is 13.0 Å². The molecule has 0 radical (unpaired) electrons. The lowest BCUT2D eigenvalue weighted by Crippen LogP contribution is -2.18. The summed E-state index contributed by atoms with van der Waals surface area (Å²) in [5, 5.41) is 3.57. The molecule has 0 saturated heterocycles. The van der Waals surface area contributed by atoms with Crippen LogP contribution in [-0.4, -0.2) is 4.98 Å². The fourth-order valence-electron chi connectivity index (χ4n) is 2.32. The molecular weight excluding hydrogens is 244 g/mol. The maximum Gasteiger partial charge on any atom is 0.0315 e. The molecule has 20 heavy (non-hydrogen) atoms. The van der Waals surface area contributed by atoms with E-state index in [1.807, 2.05) is 12.4 Å². The van der Waals surface area contributed by atoms with Crippen molar-refractivity contribution in [2.45, 2.75) is 46.2 Å². The predicted octanol–water partition coefficient (Wildman–Crippen LogP) is 4.19. The third kappa shape index (κ3) is 3.91. The minimum absolute atomic E-state index is 0.352. The second-order valence-corrected chi connectivity index (χ2v) is 5.40. The average molecular weight is 268 g/mol. The first-order valence-electron chi connectivity index (χ1n) is 7.42. The van der Waals surface area contributed by atoms with Gasteiger partial charge in [-0.05, 0) is 48.6 Å². The lowest BCUT2D eigenvalue weighted by Gasteiger charge is -2.15. The van der Waals surface area contributed by atoms with Crippen LogP contribution in [-0.2, 0) is 13.0 Å². The zero-order valence-corrected chi connectivity index (χ0v) is 12.7. The molecule has 0 aliphatic carbocycles. The van der Waals surface area contributed by atoms with Gasteiger partial charge < -0.3 is 5.32 Å². The molecule has 0 fully saturated rings.